The topological polar surface area (TPSA) is 90.4 Å². The highest BCUT2D eigenvalue weighted by atomic mass is 32.2. The Morgan fingerprint density at radius 1 is 0.974 bits per heavy atom. The largest absolute Gasteiger partial charge is 0.497 e. The molecule has 204 valence electrons. The van der Waals surface area contributed by atoms with E-state index in [0.29, 0.717) is 44.8 Å². The Bertz CT molecular complexity index is 1150. The molecule has 2 fully saturated rings. The van der Waals surface area contributed by atoms with E-state index < -0.39 is 27.4 Å². The smallest absolute Gasteiger partial charge is 0.251 e. The maximum absolute atomic E-state index is 14.4. The van der Waals surface area contributed by atoms with Crippen molar-refractivity contribution in [2.24, 2.45) is 11.8 Å². The molecule has 1 aromatic rings. The first-order valence-electron chi connectivity index (χ1n) is 13.5. The average molecular weight is 540 g/mol. The number of carbonyl (C=O) groups excluding carboxylic acids is 3. The van der Waals surface area contributed by atoms with Crippen LogP contribution in [0, 0.1) is 11.8 Å². The maximum Gasteiger partial charge on any atom is 0.251 e. The molecule has 2 saturated heterocycles. The van der Waals surface area contributed by atoms with Gasteiger partial charge >= 0.3 is 0 Å². The van der Waals surface area contributed by atoms with E-state index in [9.17, 15) is 19.5 Å². The van der Waals surface area contributed by atoms with Crippen LogP contribution in [0.3, 0.4) is 0 Å². The highest BCUT2D eigenvalue weighted by Crippen LogP contribution is 2.65. The van der Waals surface area contributed by atoms with Crippen molar-refractivity contribution in [3.05, 3.63) is 48.6 Å². The van der Waals surface area contributed by atoms with Gasteiger partial charge in [-0.25, -0.2) is 0 Å². The summed E-state index contributed by atoms with van der Waals surface area (Å²) >= 11 is 1.60. The van der Waals surface area contributed by atoms with E-state index in [0.717, 1.165) is 12.1 Å². The van der Waals surface area contributed by atoms with E-state index in [-0.39, 0.29) is 24.3 Å². The molecule has 0 bridgehead atoms. The predicted molar refractivity (Wildman–Crippen MR) is 148 cm³/mol. The van der Waals surface area contributed by atoms with E-state index >= 15 is 0 Å². The van der Waals surface area contributed by atoms with Crippen molar-refractivity contribution in [3.63, 3.8) is 0 Å². The standard InChI is InChI=1S/C29H37N3O5S/c1-4-15-30-16-7-13-28(2)22(25(30)34)23-26(35)32(17-5-6-19-33)24-27(36)31(18-8-14-29(23,24)38-28)20-9-11-21(37-3)12-10-20/h7-14,22-24,33H,4-6,15-19H2,1-3H3/t22-,23+,24?,28+,29+/m1/s1. The first-order chi connectivity index (χ1) is 18.3. The van der Waals surface area contributed by atoms with Gasteiger partial charge in [0.05, 0.1) is 23.7 Å². The summed E-state index contributed by atoms with van der Waals surface area (Å²) in [6.07, 6.45) is 10.1. The van der Waals surface area contributed by atoms with Crippen LogP contribution in [0.4, 0.5) is 5.69 Å². The first-order valence-corrected chi connectivity index (χ1v) is 14.3. The van der Waals surface area contributed by atoms with Gasteiger partial charge in [0.2, 0.25) is 11.8 Å². The molecule has 1 unspecified atom stereocenters. The van der Waals surface area contributed by atoms with Gasteiger partial charge in [-0.1, -0.05) is 31.2 Å². The number of rotatable bonds is 8. The van der Waals surface area contributed by atoms with Crippen LogP contribution < -0.4 is 9.64 Å². The number of carbonyl (C=O) groups is 3. The lowest BCUT2D eigenvalue weighted by Gasteiger charge is -2.37. The Morgan fingerprint density at radius 3 is 2.39 bits per heavy atom. The van der Waals surface area contributed by atoms with Gasteiger partial charge in [-0.3, -0.25) is 14.4 Å². The van der Waals surface area contributed by atoms with Gasteiger partial charge in [0.15, 0.2) is 0 Å². The molecule has 0 saturated carbocycles. The minimum absolute atomic E-state index is 0.00450. The molecule has 4 aliphatic heterocycles. The quantitative estimate of drug-likeness (QED) is 0.404. The van der Waals surface area contributed by atoms with E-state index in [1.54, 1.807) is 28.7 Å². The molecule has 0 aliphatic carbocycles. The monoisotopic (exact) mass is 539 g/mol. The Morgan fingerprint density at radius 2 is 1.71 bits per heavy atom. The second kappa shape index (κ2) is 10.4. The Balaban J connectivity index is 1.59. The van der Waals surface area contributed by atoms with Gasteiger partial charge in [0.1, 0.15) is 11.8 Å². The van der Waals surface area contributed by atoms with Crippen molar-refractivity contribution in [1.82, 2.24) is 9.80 Å². The van der Waals surface area contributed by atoms with Crippen molar-refractivity contribution in [1.29, 1.82) is 0 Å². The molecule has 1 aromatic carbocycles. The van der Waals surface area contributed by atoms with E-state index in [1.807, 2.05) is 61.2 Å². The number of unbranched alkanes of at least 4 members (excludes halogenated alkanes) is 1. The van der Waals surface area contributed by atoms with Gasteiger partial charge in [-0.15, -0.1) is 11.8 Å². The van der Waals surface area contributed by atoms with Crippen LogP contribution in [0.1, 0.15) is 33.1 Å². The van der Waals surface area contributed by atoms with Gasteiger partial charge in [-0.05, 0) is 50.5 Å². The van der Waals surface area contributed by atoms with E-state index in [4.69, 9.17) is 4.74 Å². The molecule has 9 heteroatoms. The van der Waals surface area contributed by atoms with Gasteiger partial charge in [0, 0.05) is 43.2 Å². The number of anilines is 1. The third kappa shape index (κ3) is 4.14. The number of nitrogens with zero attached hydrogens (tertiary/aromatic N) is 3. The van der Waals surface area contributed by atoms with Crippen molar-refractivity contribution in [3.8, 4) is 5.75 Å². The highest BCUT2D eigenvalue weighted by molar-refractivity contribution is 8.02. The molecule has 3 amide bonds. The maximum atomic E-state index is 14.4. The lowest BCUT2D eigenvalue weighted by atomic mass is 9.74. The number of hydrogen-bond donors (Lipinski definition) is 1. The number of ether oxygens (including phenoxy) is 1. The highest BCUT2D eigenvalue weighted by Gasteiger charge is 2.73. The van der Waals surface area contributed by atoms with Crippen molar-refractivity contribution < 1.29 is 24.2 Å². The molecule has 0 aromatic heterocycles. The van der Waals surface area contributed by atoms with E-state index in [1.165, 1.54) is 0 Å². The summed E-state index contributed by atoms with van der Waals surface area (Å²) < 4.78 is 3.83. The molecule has 1 spiro atoms. The summed E-state index contributed by atoms with van der Waals surface area (Å²) in [5, 5.41) is 9.40. The fourth-order valence-corrected chi connectivity index (χ4v) is 8.83. The number of methoxy groups -OCH3 is 1. The molecule has 5 rings (SSSR count). The average Bonchev–Trinajstić information content (AvgIpc) is 3.17. The zero-order valence-electron chi connectivity index (χ0n) is 22.3. The minimum atomic E-state index is -0.858. The Hall–Kier alpha value is -2.78. The SMILES string of the molecule is CCCN1CC=C[C@]2(C)S[C@]34C=CCN(c5ccc(OC)cc5)C(=O)C3N(CCCCO)C(=O)[C@@H]4[C@@H]2C1=O. The molecule has 1 N–H and O–H groups in total. The number of aliphatic hydroxyl groups is 1. The Labute approximate surface area is 228 Å². The fraction of sp³-hybridized carbons (Fsp3) is 0.552. The van der Waals surface area contributed by atoms with E-state index in [2.05, 4.69) is 6.08 Å². The van der Waals surface area contributed by atoms with Crippen LogP contribution in [0.5, 0.6) is 5.75 Å². The normalized spacial score (nSPS) is 32.3. The third-order valence-electron chi connectivity index (χ3n) is 8.33. The molecule has 4 aliphatic rings. The summed E-state index contributed by atoms with van der Waals surface area (Å²) in [6, 6.07) is 6.62. The summed E-state index contributed by atoms with van der Waals surface area (Å²) in [7, 11) is 1.60. The molecule has 38 heavy (non-hydrogen) atoms. The number of hydrogen-bond acceptors (Lipinski definition) is 6. The van der Waals surface area contributed by atoms with Crippen molar-refractivity contribution >= 4 is 35.2 Å². The van der Waals surface area contributed by atoms with Crippen LogP contribution >= 0.6 is 11.8 Å². The summed E-state index contributed by atoms with van der Waals surface area (Å²) in [5.74, 6) is -0.776. The summed E-state index contributed by atoms with van der Waals surface area (Å²) in [5.41, 5.74) is 0.734. The molecule has 0 radical (unpaired) electrons. The van der Waals surface area contributed by atoms with Crippen LogP contribution in [0.25, 0.3) is 0 Å². The van der Waals surface area contributed by atoms with Gasteiger partial charge < -0.3 is 24.5 Å². The molecule has 4 heterocycles. The summed E-state index contributed by atoms with van der Waals surface area (Å²) in [4.78, 5) is 48.0. The van der Waals surface area contributed by atoms with Crippen LogP contribution in [-0.4, -0.2) is 88.1 Å². The zero-order chi connectivity index (χ0) is 27.1. The number of amides is 3. The predicted octanol–water partition coefficient (Wildman–Crippen LogP) is 2.87. The van der Waals surface area contributed by atoms with Gasteiger partial charge in [-0.2, -0.15) is 0 Å². The summed E-state index contributed by atoms with van der Waals surface area (Å²) in [6.45, 7) is 6.04. The van der Waals surface area contributed by atoms with Crippen LogP contribution in [0.15, 0.2) is 48.6 Å². The molecule has 8 nitrogen and oxygen atoms in total. The fourth-order valence-electron chi connectivity index (χ4n) is 6.67. The number of thioether (sulfide) groups is 1. The van der Waals surface area contributed by atoms with Crippen LogP contribution in [-0.2, 0) is 14.4 Å². The number of likely N-dealkylation sites (tertiary alicyclic amines) is 1. The lowest BCUT2D eigenvalue weighted by Crippen LogP contribution is -2.53. The lowest BCUT2D eigenvalue weighted by molar-refractivity contribution is -0.143. The molecular weight excluding hydrogens is 502 g/mol. The number of benzene rings is 1. The minimum Gasteiger partial charge on any atom is -0.497 e. The van der Waals surface area contributed by atoms with Crippen molar-refractivity contribution in [2.75, 3.05) is 44.8 Å². The second-order valence-electron chi connectivity index (χ2n) is 10.7. The third-order valence-corrected chi connectivity index (χ3v) is 10.1. The number of fused-ring (bicyclic) bond motifs is 2. The van der Waals surface area contributed by atoms with Crippen LogP contribution in [0.2, 0.25) is 0 Å². The zero-order valence-corrected chi connectivity index (χ0v) is 23.2. The first kappa shape index (κ1) is 26.8. The molecule has 5 atom stereocenters. The molecular formula is C29H37N3O5S. The Kier molecular flexibility index (Phi) is 7.35. The second-order valence-corrected chi connectivity index (χ2v) is 12.5. The van der Waals surface area contributed by atoms with Gasteiger partial charge in [0.25, 0.3) is 5.91 Å². The number of aliphatic hydroxyl groups excluding tert-OH is 1. The van der Waals surface area contributed by atoms with Crippen molar-refractivity contribution in [2.45, 2.75) is 48.6 Å².